The molecule has 1 saturated heterocycles. The minimum absolute atomic E-state index is 0.0761. The molecule has 2 aromatic carbocycles. The highest BCUT2D eigenvalue weighted by Gasteiger charge is 2.46. The van der Waals surface area contributed by atoms with Crippen LogP contribution in [0.3, 0.4) is 0 Å². The molecule has 2 aliphatic rings. The second-order valence-electron chi connectivity index (χ2n) is 7.16. The monoisotopic (exact) mass is 384 g/mol. The number of carbonyl (C=O) groups is 1. The molecule has 0 saturated carbocycles. The fourth-order valence-corrected chi connectivity index (χ4v) is 3.90. The lowest BCUT2D eigenvalue weighted by Gasteiger charge is -2.49. The molecule has 142 valence electrons. The molecular formula is C21H24N2O3S. The van der Waals surface area contributed by atoms with Gasteiger partial charge in [-0.25, -0.2) is 0 Å². The minimum Gasteiger partial charge on any atom is -0.454 e. The topological polar surface area (TPSA) is 50.8 Å². The zero-order valence-electron chi connectivity index (χ0n) is 15.7. The largest absolute Gasteiger partial charge is 0.454 e. The molecule has 0 bridgehead atoms. The fourth-order valence-electron chi connectivity index (χ4n) is 3.49. The van der Waals surface area contributed by atoms with Crippen molar-refractivity contribution in [2.24, 2.45) is 0 Å². The molecule has 0 aliphatic carbocycles. The average Bonchev–Trinajstić information content (AvgIpc) is 3.17. The van der Waals surface area contributed by atoms with Gasteiger partial charge in [0.15, 0.2) is 11.5 Å². The smallest absolute Gasteiger partial charge is 0.240 e. The Morgan fingerprint density at radius 1 is 1.15 bits per heavy atom. The molecule has 0 radical (unpaired) electrons. The van der Waals surface area contributed by atoms with Crippen molar-refractivity contribution < 1.29 is 14.3 Å². The van der Waals surface area contributed by atoms with Crippen molar-refractivity contribution in [2.75, 3.05) is 19.6 Å². The van der Waals surface area contributed by atoms with Crippen LogP contribution in [0.4, 0.5) is 0 Å². The van der Waals surface area contributed by atoms with Gasteiger partial charge in [0.05, 0.1) is 5.54 Å². The van der Waals surface area contributed by atoms with Gasteiger partial charge in [-0.2, -0.15) is 0 Å². The summed E-state index contributed by atoms with van der Waals surface area (Å²) in [5, 5.41) is 3.09. The number of ether oxygens (including phenoxy) is 2. The van der Waals surface area contributed by atoms with Crippen molar-refractivity contribution in [3.8, 4) is 11.5 Å². The maximum absolute atomic E-state index is 12.8. The van der Waals surface area contributed by atoms with Gasteiger partial charge in [-0.05, 0) is 55.0 Å². The van der Waals surface area contributed by atoms with Crippen molar-refractivity contribution in [3.05, 3.63) is 53.6 Å². The highest BCUT2D eigenvalue weighted by atomic mass is 32.2. The van der Waals surface area contributed by atoms with Gasteiger partial charge >= 0.3 is 0 Å². The van der Waals surface area contributed by atoms with Gasteiger partial charge < -0.3 is 14.8 Å². The number of hydrogen-bond acceptors (Lipinski definition) is 5. The van der Waals surface area contributed by atoms with Crippen molar-refractivity contribution >= 4 is 17.7 Å². The van der Waals surface area contributed by atoms with Crippen LogP contribution < -0.4 is 14.8 Å². The number of hydrogen-bond donors (Lipinski definition) is 1. The third kappa shape index (κ3) is 3.64. The second-order valence-corrected chi connectivity index (χ2v) is 8.04. The summed E-state index contributed by atoms with van der Waals surface area (Å²) in [6.07, 6.45) is 2.95. The summed E-state index contributed by atoms with van der Waals surface area (Å²) in [5.74, 6) is 1.58. The number of rotatable bonds is 6. The van der Waals surface area contributed by atoms with Crippen LogP contribution in [0.25, 0.3) is 0 Å². The SMILES string of the molecule is CSc1ccc(CN2CCC2(C)C(=O)NCc2ccc3c(c2)OCO3)cc1. The lowest BCUT2D eigenvalue weighted by Crippen LogP contribution is -2.65. The molecule has 4 rings (SSSR count). The fraction of sp³-hybridized carbons (Fsp3) is 0.381. The predicted octanol–water partition coefficient (Wildman–Crippen LogP) is 3.42. The number of benzene rings is 2. The van der Waals surface area contributed by atoms with E-state index in [-0.39, 0.29) is 12.7 Å². The van der Waals surface area contributed by atoms with E-state index in [1.165, 1.54) is 10.5 Å². The van der Waals surface area contributed by atoms with Gasteiger partial charge in [0.25, 0.3) is 0 Å². The Labute approximate surface area is 164 Å². The standard InChI is InChI=1S/C21H24N2O3S/c1-21(9-10-23(21)13-15-3-6-17(27-2)7-4-15)20(24)22-12-16-5-8-18-19(11-16)26-14-25-18/h3-8,11H,9-10,12-14H2,1-2H3,(H,22,24). The molecular weight excluding hydrogens is 360 g/mol. The van der Waals surface area contributed by atoms with Crippen LogP contribution in [0.15, 0.2) is 47.4 Å². The first kappa shape index (κ1) is 18.2. The quantitative estimate of drug-likeness (QED) is 0.774. The van der Waals surface area contributed by atoms with Crippen LogP contribution in [0.2, 0.25) is 0 Å². The van der Waals surface area contributed by atoms with Crippen molar-refractivity contribution in [1.82, 2.24) is 10.2 Å². The van der Waals surface area contributed by atoms with Crippen LogP contribution in [0, 0.1) is 0 Å². The summed E-state index contributed by atoms with van der Waals surface area (Å²) in [6, 6.07) is 14.3. The zero-order valence-corrected chi connectivity index (χ0v) is 16.5. The number of thioether (sulfide) groups is 1. The lowest BCUT2D eigenvalue weighted by atomic mass is 9.85. The minimum atomic E-state index is -0.450. The van der Waals surface area contributed by atoms with E-state index in [0.717, 1.165) is 36.6 Å². The predicted molar refractivity (Wildman–Crippen MR) is 106 cm³/mol. The molecule has 1 fully saturated rings. The molecule has 0 aromatic heterocycles. The van der Waals surface area contributed by atoms with E-state index in [0.29, 0.717) is 6.54 Å². The van der Waals surface area contributed by atoms with Gasteiger partial charge in [-0.1, -0.05) is 18.2 Å². The maximum atomic E-state index is 12.8. The summed E-state index contributed by atoms with van der Waals surface area (Å²) in [6.45, 7) is 4.51. The molecule has 1 N–H and O–H groups in total. The van der Waals surface area contributed by atoms with Gasteiger partial charge in [-0.3, -0.25) is 9.69 Å². The van der Waals surface area contributed by atoms with E-state index in [1.54, 1.807) is 11.8 Å². The number of amides is 1. The highest BCUT2D eigenvalue weighted by molar-refractivity contribution is 7.98. The number of nitrogens with zero attached hydrogens (tertiary/aromatic N) is 1. The third-order valence-corrected chi connectivity index (χ3v) is 6.22. The normalized spacial score (nSPS) is 21.0. The Hall–Kier alpha value is -2.18. The van der Waals surface area contributed by atoms with Crippen LogP contribution in [0.5, 0.6) is 11.5 Å². The Morgan fingerprint density at radius 3 is 2.59 bits per heavy atom. The first-order valence-electron chi connectivity index (χ1n) is 9.13. The number of fused-ring (bicyclic) bond motifs is 1. The highest BCUT2D eigenvalue weighted by Crippen LogP contribution is 2.34. The van der Waals surface area contributed by atoms with E-state index in [4.69, 9.17) is 9.47 Å². The summed E-state index contributed by atoms with van der Waals surface area (Å²) in [7, 11) is 0. The Kier molecular flexibility index (Phi) is 5.02. The van der Waals surface area contributed by atoms with E-state index < -0.39 is 5.54 Å². The molecule has 2 heterocycles. The van der Waals surface area contributed by atoms with Gasteiger partial charge in [0, 0.05) is 24.5 Å². The molecule has 1 unspecified atom stereocenters. The number of carbonyl (C=O) groups excluding carboxylic acids is 1. The summed E-state index contributed by atoms with van der Waals surface area (Å²) in [4.78, 5) is 16.3. The molecule has 0 spiro atoms. The van der Waals surface area contributed by atoms with Crippen LogP contribution in [-0.4, -0.2) is 35.9 Å². The summed E-state index contributed by atoms with van der Waals surface area (Å²) >= 11 is 1.74. The van der Waals surface area contributed by atoms with Crippen LogP contribution >= 0.6 is 11.8 Å². The van der Waals surface area contributed by atoms with Gasteiger partial charge in [0.1, 0.15) is 0 Å². The molecule has 1 atom stereocenters. The first-order valence-corrected chi connectivity index (χ1v) is 10.4. The third-order valence-electron chi connectivity index (χ3n) is 5.48. The van der Waals surface area contributed by atoms with Crippen molar-refractivity contribution in [3.63, 3.8) is 0 Å². The van der Waals surface area contributed by atoms with Crippen molar-refractivity contribution in [1.29, 1.82) is 0 Å². The Balaban J connectivity index is 1.35. The number of nitrogens with one attached hydrogen (secondary N) is 1. The maximum Gasteiger partial charge on any atom is 0.240 e. The first-order chi connectivity index (χ1) is 13.1. The van der Waals surface area contributed by atoms with Gasteiger partial charge in [0.2, 0.25) is 12.7 Å². The Bertz CT molecular complexity index is 840. The van der Waals surface area contributed by atoms with E-state index >= 15 is 0 Å². The molecule has 5 nitrogen and oxygen atoms in total. The average molecular weight is 385 g/mol. The summed E-state index contributed by atoms with van der Waals surface area (Å²) in [5.41, 5.74) is 1.80. The van der Waals surface area contributed by atoms with E-state index in [1.807, 2.05) is 25.1 Å². The van der Waals surface area contributed by atoms with E-state index in [9.17, 15) is 4.79 Å². The second kappa shape index (κ2) is 7.44. The lowest BCUT2D eigenvalue weighted by molar-refractivity contribution is -0.142. The molecule has 2 aromatic rings. The molecule has 6 heteroatoms. The van der Waals surface area contributed by atoms with Gasteiger partial charge in [-0.15, -0.1) is 11.8 Å². The van der Waals surface area contributed by atoms with Crippen LogP contribution in [0.1, 0.15) is 24.5 Å². The van der Waals surface area contributed by atoms with Crippen molar-refractivity contribution in [2.45, 2.75) is 36.9 Å². The Morgan fingerprint density at radius 2 is 1.89 bits per heavy atom. The molecule has 27 heavy (non-hydrogen) atoms. The van der Waals surface area contributed by atoms with Crippen LogP contribution in [-0.2, 0) is 17.9 Å². The zero-order chi connectivity index (χ0) is 18.9. The summed E-state index contributed by atoms with van der Waals surface area (Å²) < 4.78 is 10.7. The molecule has 2 aliphatic heterocycles. The number of likely N-dealkylation sites (tertiary alicyclic amines) is 1. The van der Waals surface area contributed by atoms with E-state index in [2.05, 4.69) is 40.7 Å². The molecule has 1 amide bonds.